The fourth-order valence-corrected chi connectivity index (χ4v) is 2.30. The molecule has 0 spiro atoms. The van der Waals surface area contributed by atoms with Gasteiger partial charge in [-0.1, -0.05) is 34.1 Å². The standard InChI is InChI=1S/C16H19BrN2O/c1-19(2)16-9-4-3-8-15(16)18-10-11-20-14-7-5-6-13(17)12-14/h3-9,12,18H,10-11H2,1-2H3. The Kier molecular flexibility index (Phi) is 5.30. The Bertz CT molecular complexity index is 558. The molecule has 2 aromatic rings. The highest BCUT2D eigenvalue weighted by atomic mass is 79.9. The van der Waals surface area contributed by atoms with E-state index in [4.69, 9.17) is 4.74 Å². The van der Waals surface area contributed by atoms with Crippen molar-refractivity contribution in [1.82, 2.24) is 0 Å². The fraction of sp³-hybridized carbons (Fsp3) is 0.250. The molecule has 3 nitrogen and oxygen atoms in total. The van der Waals surface area contributed by atoms with Crippen LogP contribution in [0.2, 0.25) is 0 Å². The van der Waals surface area contributed by atoms with Crippen LogP contribution in [0, 0.1) is 0 Å². The van der Waals surface area contributed by atoms with Crippen molar-refractivity contribution >= 4 is 27.3 Å². The Labute approximate surface area is 128 Å². The van der Waals surface area contributed by atoms with Gasteiger partial charge in [-0.2, -0.15) is 0 Å². The Hall–Kier alpha value is -1.68. The monoisotopic (exact) mass is 334 g/mol. The second-order valence-corrected chi connectivity index (χ2v) is 5.56. The highest BCUT2D eigenvalue weighted by Gasteiger charge is 2.02. The van der Waals surface area contributed by atoms with Gasteiger partial charge in [-0.25, -0.2) is 0 Å². The number of ether oxygens (including phenoxy) is 1. The van der Waals surface area contributed by atoms with E-state index in [1.165, 1.54) is 5.69 Å². The van der Waals surface area contributed by atoms with Crippen LogP contribution in [0.4, 0.5) is 11.4 Å². The first-order valence-electron chi connectivity index (χ1n) is 6.55. The van der Waals surface area contributed by atoms with Crippen LogP contribution < -0.4 is 15.0 Å². The van der Waals surface area contributed by atoms with Crippen molar-refractivity contribution in [2.45, 2.75) is 0 Å². The molecule has 0 aromatic heterocycles. The number of nitrogens with zero attached hydrogens (tertiary/aromatic N) is 1. The van der Waals surface area contributed by atoms with Crippen molar-refractivity contribution in [3.05, 3.63) is 53.0 Å². The number of nitrogens with one attached hydrogen (secondary N) is 1. The summed E-state index contributed by atoms with van der Waals surface area (Å²) in [5, 5.41) is 3.40. The average Bonchev–Trinajstić information content (AvgIpc) is 2.44. The molecule has 0 saturated heterocycles. The lowest BCUT2D eigenvalue weighted by molar-refractivity contribution is 0.332. The molecule has 0 bridgehead atoms. The third-order valence-corrected chi connectivity index (χ3v) is 3.36. The average molecular weight is 335 g/mol. The normalized spacial score (nSPS) is 10.2. The molecule has 0 unspecified atom stereocenters. The first-order valence-corrected chi connectivity index (χ1v) is 7.35. The zero-order valence-corrected chi connectivity index (χ0v) is 13.4. The number of benzene rings is 2. The quantitative estimate of drug-likeness (QED) is 0.808. The van der Waals surface area contributed by atoms with Crippen LogP contribution in [0.1, 0.15) is 0 Å². The summed E-state index contributed by atoms with van der Waals surface area (Å²) in [6.07, 6.45) is 0. The van der Waals surface area contributed by atoms with Crippen molar-refractivity contribution in [2.75, 3.05) is 37.5 Å². The number of para-hydroxylation sites is 2. The van der Waals surface area contributed by atoms with Crippen LogP contribution in [0.15, 0.2) is 53.0 Å². The third kappa shape index (κ3) is 4.17. The number of halogens is 1. The summed E-state index contributed by atoms with van der Waals surface area (Å²) >= 11 is 3.43. The van der Waals surface area contributed by atoms with Gasteiger partial charge in [0.2, 0.25) is 0 Å². The molecule has 0 aliphatic heterocycles. The minimum Gasteiger partial charge on any atom is -0.492 e. The Balaban J connectivity index is 1.84. The molecule has 0 saturated carbocycles. The Morgan fingerprint density at radius 3 is 2.65 bits per heavy atom. The molecule has 0 fully saturated rings. The molecule has 0 heterocycles. The minimum absolute atomic E-state index is 0.623. The molecule has 106 valence electrons. The number of rotatable bonds is 6. The summed E-state index contributed by atoms with van der Waals surface area (Å²) < 4.78 is 6.73. The van der Waals surface area contributed by atoms with Crippen molar-refractivity contribution in [2.24, 2.45) is 0 Å². The van der Waals surface area contributed by atoms with E-state index in [9.17, 15) is 0 Å². The van der Waals surface area contributed by atoms with Crippen molar-refractivity contribution in [1.29, 1.82) is 0 Å². The lowest BCUT2D eigenvalue weighted by Gasteiger charge is -2.18. The lowest BCUT2D eigenvalue weighted by atomic mass is 10.2. The van der Waals surface area contributed by atoms with Crippen molar-refractivity contribution in [3.8, 4) is 5.75 Å². The van der Waals surface area contributed by atoms with E-state index >= 15 is 0 Å². The highest BCUT2D eigenvalue weighted by Crippen LogP contribution is 2.23. The van der Waals surface area contributed by atoms with Gasteiger partial charge in [0.1, 0.15) is 12.4 Å². The van der Waals surface area contributed by atoms with Crippen LogP contribution in [-0.2, 0) is 0 Å². The van der Waals surface area contributed by atoms with Gasteiger partial charge in [0.05, 0.1) is 11.4 Å². The molecule has 2 aromatic carbocycles. The molecule has 0 aliphatic carbocycles. The molecule has 20 heavy (non-hydrogen) atoms. The maximum Gasteiger partial charge on any atom is 0.120 e. The van der Waals surface area contributed by atoms with Gasteiger partial charge in [-0.15, -0.1) is 0 Å². The van der Waals surface area contributed by atoms with E-state index < -0.39 is 0 Å². The highest BCUT2D eigenvalue weighted by molar-refractivity contribution is 9.10. The van der Waals surface area contributed by atoms with E-state index in [1.54, 1.807) is 0 Å². The SMILES string of the molecule is CN(C)c1ccccc1NCCOc1cccc(Br)c1. The van der Waals surface area contributed by atoms with Gasteiger partial charge in [0.15, 0.2) is 0 Å². The number of hydrogen-bond donors (Lipinski definition) is 1. The number of anilines is 2. The second-order valence-electron chi connectivity index (χ2n) is 4.64. The van der Waals surface area contributed by atoms with E-state index in [0.29, 0.717) is 6.61 Å². The van der Waals surface area contributed by atoms with Gasteiger partial charge >= 0.3 is 0 Å². The predicted molar refractivity (Wildman–Crippen MR) is 88.9 cm³/mol. The summed E-state index contributed by atoms with van der Waals surface area (Å²) in [4.78, 5) is 2.09. The molecule has 0 aliphatic rings. The van der Waals surface area contributed by atoms with E-state index in [-0.39, 0.29) is 0 Å². The summed E-state index contributed by atoms with van der Waals surface area (Å²) in [6.45, 7) is 1.38. The van der Waals surface area contributed by atoms with Crippen LogP contribution in [0.25, 0.3) is 0 Å². The summed E-state index contributed by atoms with van der Waals surface area (Å²) in [5.41, 5.74) is 2.30. The second kappa shape index (κ2) is 7.20. The Morgan fingerprint density at radius 1 is 1.10 bits per heavy atom. The van der Waals surface area contributed by atoms with Gasteiger partial charge in [-0.3, -0.25) is 0 Å². The zero-order valence-electron chi connectivity index (χ0n) is 11.8. The van der Waals surface area contributed by atoms with E-state index in [2.05, 4.69) is 38.3 Å². The topological polar surface area (TPSA) is 24.5 Å². The van der Waals surface area contributed by atoms with E-state index in [0.717, 1.165) is 22.5 Å². The van der Waals surface area contributed by atoms with Gasteiger partial charge in [0.25, 0.3) is 0 Å². The summed E-state index contributed by atoms with van der Waals surface area (Å²) in [7, 11) is 4.08. The fourth-order valence-electron chi connectivity index (χ4n) is 1.92. The Morgan fingerprint density at radius 2 is 1.90 bits per heavy atom. The van der Waals surface area contributed by atoms with Crippen LogP contribution >= 0.6 is 15.9 Å². The molecule has 0 atom stereocenters. The van der Waals surface area contributed by atoms with Gasteiger partial charge in [0, 0.05) is 25.1 Å². The molecule has 1 N–H and O–H groups in total. The summed E-state index contributed by atoms with van der Waals surface area (Å²) in [6, 6.07) is 16.1. The largest absolute Gasteiger partial charge is 0.492 e. The van der Waals surface area contributed by atoms with E-state index in [1.807, 2.05) is 50.5 Å². The number of hydrogen-bond acceptors (Lipinski definition) is 3. The maximum atomic E-state index is 5.70. The predicted octanol–water partition coefficient (Wildman–Crippen LogP) is 4.01. The van der Waals surface area contributed by atoms with Crippen LogP contribution in [0.3, 0.4) is 0 Å². The van der Waals surface area contributed by atoms with Crippen molar-refractivity contribution in [3.63, 3.8) is 0 Å². The first kappa shape index (κ1) is 14.7. The first-order chi connectivity index (χ1) is 9.66. The molecule has 4 heteroatoms. The van der Waals surface area contributed by atoms with Crippen LogP contribution in [-0.4, -0.2) is 27.2 Å². The van der Waals surface area contributed by atoms with Gasteiger partial charge in [-0.05, 0) is 30.3 Å². The maximum absolute atomic E-state index is 5.70. The minimum atomic E-state index is 0.623. The molecule has 0 radical (unpaired) electrons. The lowest BCUT2D eigenvalue weighted by Crippen LogP contribution is -2.15. The van der Waals surface area contributed by atoms with Crippen LogP contribution in [0.5, 0.6) is 5.75 Å². The third-order valence-electron chi connectivity index (χ3n) is 2.87. The smallest absolute Gasteiger partial charge is 0.120 e. The zero-order chi connectivity index (χ0) is 14.4. The molecule has 2 rings (SSSR count). The van der Waals surface area contributed by atoms with Gasteiger partial charge < -0.3 is 15.0 Å². The molecular weight excluding hydrogens is 316 g/mol. The summed E-state index contributed by atoms with van der Waals surface area (Å²) in [5.74, 6) is 0.877. The van der Waals surface area contributed by atoms with Crippen molar-refractivity contribution < 1.29 is 4.74 Å². The molecule has 0 amide bonds. The molecular formula is C16H19BrN2O.